The van der Waals surface area contributed by atoms with Crippen molar-refractivity contribution in [1.29, 1.82) is 0 Å². The summed E-state index contributed by atoms with van der Waals surface area (Å²) in [4.78, 5) is 12.3. The second kappa shape index (κ2) is 9.88. The van der Waals surface area contributed by atoms with E-state index in [1.165, 1.54) is 50.6 Å². The Morgan fingerprint density at radius 2 is 1.72 bits per heavy atom. The van der Waals surface area contributed by atoms with Crippen LogP contribution in [0.4, 0.5) is 10.1 Å². The lowest BCUT2D eigenvalue weighted by Gasteiger charge is -2.13. The van der Waals surface area contributed by atoms with Crippen molar-refractivity contribution in [1.82, 2.24) is 5.32 Å². The van der Waals surface area contributed by atoms with E-state index in [9.17, 15) is 17.6 Å². The van der Waals surface area contributed by atoms with Gasteiger partial charge in [-0.15, -0.1) is 0 Å². The molecule has 168 valence electrons. The van der Waals surface area contributed by atoms with Gasteiger partial charge < -0.3 is 14.8 Å². The highest BCUT2D eigenvalue weighted by molar-refractivity contribution is 7.92. The second-order valence-corrected chi connectivity index (χ2v) is 8.66. The summed E-state index contributed by atoms with van der Waals surface area (Å²) < 4.78 is 52.1. The maximum Gasteiger partial charge on any atom is 0.263 e. The second-order valence-electron chi connectivity index (χ2n) is 6.60. The van der Waals surface area contributed by atoms with Crippen molar-refractivity contribution in [3.63, 3.8) is 0 Å². The first kappa shape index (κ1) is 23.4. The topological polar surface area (TPSA) is 93.7 Å². The molecule has 0 atom stereocenters. The van der Waals surface area contributed by atoms with Crippen LogP contribution in [0.25, 0.3) is 0 Å². The van der Waals surface area contributed by atoms with Crippen LogP contribution in [0.1, 0.15) is 15.9 Å². The Kier molecular flexibility index (Phi) is 7.22. The number of rotatable bonds is 8. The number of carbonyl (C=O) groups excluding carboxylic acids is 1. The molecule has 0 aliphatic carbocycles. The Morgan fingerprint density at radius 1 is 1.00 bits per heavy atom. The van der Waals surface area contributed by atoms with Gasteiger partial charge in [-0.2, -0.15) is 0 Å². The highest BCUT2D eigenvalue weighted by Crippen LogP contribution is 2.29. The fraction of sp³-hybridized carbons (Fsp3) is 0.136. The highest BCUT2D eigenvalue weighted by Gasteiger charge is 2.22. The number of sulfonamides is 1. The number of carbonyl (C=O) groups is 1. The summed E-state index contributed by atoms with van der Waals surface area (Å²) in [6.07, 6.45) is 0. The fourth-order valence-electron chi connectivity index (χ4n) is 2.88. The van der Waals surface area contributed by atoms with Crippen LogP contribution in [-0.4, -0.2) is 28.5 Å². The molecule has 0 spiro atoms. The number of amides is 1. The number of anilines is 1. The Hall–Kier alpha value is -3.30. The van der Waals surface area contributed by atoms with Gasteiger partial charge in [-0.05, 0) is 48.0 Å². The van der Waals surface area contributed by atoms with Crippen molar-refractivity contribution in [2.45, 2.75) is 11.4 Å². The normalized spacial score (nSPS) is 11.0. The number of methoxy groups -OCH3 is 2. The molecule has 3 aromatic rings. The van der Waals surface area contributed by atoms with E-state index in [0.29, 0.717) is 11.3 Å². The number of hydrogen-bond acceptors (Lipinski definition) is 5. The molecule has 32 heavy (non-hydrogen) atoms. The first-order valence-corrected chi connectivity index (χ1v) is 11.2. The zero-order chi connectivity index (χ0) is 23.3. The van der Waals surface area contributed by atoms with Gasteiger partial charge in [0.1, 0.15) is 10.6 Å². The monoisotopic (exact) mass is 478 g/mol. The van der Waals surface area contributed by atoms with Crippen LogP contribution in [0, 0.1) is 5.82 Å². The van der Waals surface area contributed by atoms with E-state index in [2.05, 4.69) is 10.0 Å². The molecule has 0 bridgehead atoms. The molecule has 0 aromatic heterocycles. The molecule has 0 unspecified atom stereocenters. The van der Waals surface area contributed by atoms with E-state index < -0.39 is 21.7 Å². The average molecular weight is 479 g/mol. The largest absolute Gasteiger partial charge is 0.495 e. The lowest BCUT2D eigenvalue weighted by molar-refractivity contribution is 0.0950. The van der Waals surface area contributed by atoms with E-state index in [0.717, 1.165) is 0 Å². The van der Waals surface area contributed by atoms with Gasteiger partial charge in [0.05, 0.1) is 24.9 Å². The Labute approximate surface area is 190 Å². The molecule has 0 fully saturated rings. The zero-order valence-electron chi connectivity index (χ0n) is 17.2. The summed E-state index contributed by atoms with van der Waals surface area (Å²) in [6.45, 7) is 0.0317. The van der Waals surface area contributed by atoms with E-state index in [-0.39, 0.29) is 33.5 Å². The standard InChI is InChI=1S/C22H20ClFN2O5S/c1-30-19-10-7-14(11-17(19)24)13-25-22(27)15-8-9-16(23)21(12-15)32(28,29)26-18-5-3-4-6-20(18)31-2/h3-12,26H,13H2,1-2H3,(H,25,27). The highest BCUT2D eigenvalue weighted by atomic mass is 35.5. The van der Waals surface area contributed by atoms with Gasteiger partial charge in [0.2, 0.25) is 0 Å². The predicted octanol–water partition coefficient (Wildman–Crippen LogP) is 4.23. The third-order valence-corrected chi connectivity index (χ3v) is 6.35. The Morgan fingerprint density at radius 3 is 2.41 bits per heavy atom. The van der Waals surface area contributed by atoms with Gasteiger partial charge in [0.15, 0.2) is 11.6 Å². The van der Waals surface area contributed by atoms with Crippen LogP contribution in [0.2, 0.25) is 5.02 Å². The Bertz CT molecular complexity index is 1250. The number of halogens is 2. The van der Waals surface area contributed by atoms with Gasteiger partial charge in [0, 0.05) is 12.1 Å². The molecule has 0 aliphatic heterocycles. The lowest BCUT2D eigenvalue weighted by Crippen LogP contribution is -2.23. The summed E-state index contributed by atoms with van der Waals surface area (Å²) in [6, 6.07) is 14.7. The summed E-state index contributed by atoms with van der Waals surface area (Å²) >= 11 is 6.11. The molecule has 3 rings (SSSR count). The SMILES string of the molecule is COc1ccc(CNC(=O)c2ccc(Cl)c(S(=O)(=O)Nc3ccccc3OC)c2)cc1F. The number of para-hydroxylation sites is 2. The minimum Gasteiger partial charge on any atom is -0.495 e. The lowest BCUT2D eigenvalue weighted by atomic mass is 10.2. The van der Waals surface area contributed by atoms with E-state index in [4.69, 9.17) is 21.1 Å². The third-order valence-electron chi connectivity index (χ3n) is 4.50. The van der Waals surface area contributed by atoms with Gasteiger partial charge in [-0.3, -0.25) is 9.52 Å². The molecule has 2 N–H and O–H groups in total. The molecule has 7 nitrogen and oxygen atoms in total. The molecule has 0 saturated carbocycles. The summed E-state index contributed by atoms with van der Waals surface area (Å²) in [5.74, 6) is -0.684. The molecule has 0 saturated heterocycles. The molecular weight excluding hydrogens is 459 g/mol. The quantitative estimate of drug-likeness (QED) is 0.505. The minimum absolute atomic E-state index is 0.0317. The zero-order valence-corrected chi connectivity index (χ0v) is 18.8. The van der Waals surface area contributed by atoms with Crippen LogP contribution < -0.4 is 19.5 Å². The summed E-state index contributed by atoms with van der Waals surface area (Å²) in [7, 11) is -1.35. The number of ether oxygens (including phenoxy) is 2. The first-order valence-electron chi connectivity index (χ1n) is 9.31. The molecule has 3 aromatic carbocycles. The molecular formula is C22H20ClFN2O5S. The molecule has 0 aliphatic rings. The van der Waals surface area contributed by atoms with Crippen molar-refractivity contribution in [2.24, 2.45) is 0 Å². The van der Waals surface area contributed by atoms with Gasteiger partial charge in [0.25, 0.3) is 15.9 Å². The van der Waals surface area contributed by atoms with Crippen LogP contribution in [0.15, 0.2) is 65.6 Å². The smallest absolute Gasteiger partial charge is 0.263 e. The maximum atomic E-state index is 13.8. The van der Waals surface area contributed by atoms with Crippen molar-refractivity contribution in [3.8, 4) is 11.5 Å². The van der Waals surface area contributed by atoms with Crippen molar-refractivity contribution < 1.29 is 27.1 Å². The molecule has 0 radical (unpaired) electrons. The first-order chi connectivity index (χ1) is 15.2. The van der Waals surface area contributed by atoms with Crippen LogP contribution in [0.3, 0.4) is 0 Å². The van der Waals surface area contributed by atoms with E-state index >= 15 is 0 Å². The third kappa shape index (κ3) is 5.30. The van der Waals surface area contributed by atoms with E-state index in [1.54, 1.807) is 24.3 Å². The van der Waals surface area contributed by atoms with Gasteiger partial charge in [-0.1, -0.05) is 29.8 Å². The van der Waals surface area contributed by atoms with E-state index in [1.807, 2.05) is 0 Å². The maximum absolute atomic E-state index is 13.8. The molecule has 0 heterocycles. The number of benzene rings is 3. The molecule has 10 heteroatoms. The number of nitrogens with one attached hydrogen (secondary N) is 2. The van der Waals surface area contributed by atoms with Crippen molar-refractivity contribution in [3.05, 3.63) is 82.6 Å². The van der Waals surface area contributed by atoms with Crippen LogP contribution in [-0.2, 0) is 16.6 Å². The predicted molar refractivity (Wildman–Crippen MR) is 119 cm³/mol. The summed E-state index contributed by atoms with van der Waals surface area (Å²) in [5, 5.41) is 2.57. The number of hydrogen-bond donors (Lipinski definition) is 2. The van der Waals surface area contributed by atoms with Gasteiger partial charge in [-0.25, -0.2) is 12.8 Å². The van der Waals surface area contributed by atoms with Crippen LogP contribution >= 0.6 is 11.6 Å². The van der Waals surface area contributed by atoms with Crippen molar-refractivity contribution >= 4 is 33.2 Å². The van der Waals surface area contributed by atoms with Crippen LogP contribution in [0.5, 0.6) is 11.5 Å². The minimum atomic E-state index is -4.12. The Balaban J connectivity index is 1.80. The van der Waals surface area contributed by atoms with Gasteiger partial charge >= 0.3 is 0 Å². The average Bonchev–Trinajstić information content (AvgIpc) is 2.77. The fourth-order valence-corrected chi connectivity index (χ4v) is 4.48. The summed E-state index contributed by atoms with van der Waals surface area (Å²) in [5.41, 5.74) is 0.808. The molecule has 1 amide bonds. The van der Waals surface area contributed by atoms with Crippen molar-refractivity contribution in [2.75, 3.05) is 18.9 Å².